The molecule has 1 saturated carbocycles. The summed E-state index contributed by atoms with van der Waals surface area (Å²) in [5.74, 6) is 2.09. The first-order valence-corrected chi connectivity index (χ1v) is 12.9. The number of nitrogens with zero attached hydrogens (tertiary/aromatic N) is 2. The number of unbranched alkanes of at least 4 members (excludes halogenated alkanes) is 4. The highest BCUT2D eigenvalue weighted by Gasteiger charge is 2.21. The molecule has 0 saturated heterocycles. The quantitative estimate of drug-likeness (QED) is 0.295. The number of hydrogen-bond acceptors (Lipinski definition) is 3. The number of halogens is 1. The maximum Gasteiger partial charge on any atom is 0.233 e. The Morgan fingerprint density at radius 3 is 2.25 bits per heavy atom. The van der Waals surface area contributed by atoms with Gasteiger partial charge >= 0.3 is 0 Å². The van der Waals surface area contributed by atoms with Gasteiger partial charge in [0.05, 0.1) is 12.3 Å². The van der Waals surface area contributed by atoms with Crippen LogP contribution in [0.5, 0.6) is 5.88 Å². The summed E-state index contributed by atoms with van der Waals surface area (Å²) in [4.78, 5) is 0. The van der Waals surface area contributed by atoms with Gasteiger partial charge in [0.1, 0.15) is 5.82 Å². The van der Waals surface area contributed by atoms with Gasteiger partial charge in [0.25, 0.3) is 0 Å². The molecule has 2 aromatic rings. The van der Waals surface area contributed by atoms with Gasteiger partial charge in [0.2, 0.25) is 5.88 Å². The molecule has 0 radical (unpaired) electrons. The molecule has 1 heterocycles. The summed E-state index contributed by atoms with van der Waals surface area (Å²) in [6.45, 7) is 5.04. The van der Waals surface area contributed by atoms with E-state index in [9.17, 15) is 4.39 Å². The lowest BCUT2D eigenvalue weighted by atomic mass is 9.77. The number of aromatic nitrogens is 2. The molecule has 0 spiro atoms. The van der Waals surface area contributed by atoms with Crippen LogP contribution in [0.15, 0.2) is 30.3 Å². The first-order valence-electron chi connectivity index (χ1n) is 12.9. The van der Waals surface area contributed by atoms with Gasteiger partial charge in [0, 0.05) is 11.6 Å². The molecule has 3 nitrogen and oxygen atoms in total. The number of rotatable bonds is 13. The minimum Gasteiger partial charge on any atom is -0.477 e. The van der Waals surface area contributed by atoms with Crippen LogP contribution in [0.2, 0.25) is 0 Å². The Morgan fingerprint density at radius 2 is 1.59 bits per heavy atom. The molecule has 0 atom stereocenters. The van der Waals surface area contributed by atoms with Crippen LogP contribution in [0.3, 0.4) is 0 Å². The van der Waals surface area contributed by atoms with Crippen LogP contribution in [0, 0.1) is 17.7 Å². The molecule has 176 valence electrons. The molecular weight excluding hydrogens is 399 g/mol. The third-order valence-electron chi connectivity index (χ3n) is 6.99. The van der Waals surface area contributed by atoms with E-state index in [2.05, 4.69) is 24.0 Å². The Labute approximate surface area is 194 Å². The zero-order valence-electron chi connectivity index (χ0n) is 20.1. The average Bonchev–Trinajstić information content (AvgIpc) is 2.82. The van der Waals surface area contributed by atoms with Gasteiger partial charge in [-0.05, 0) is 48.8 Å². The Hall–Kier alpha value is -1.97. The van der Waals surface area contributed by atoms with Crippen molar-refractivity contribution in [3.63, 3.8) is 0 Å². The maximum atomic E-state index is 14.8. The van der Waals surface area contributed by atoms with Crippen LogP contribution in [-0.2, 0) is 6.42 Å². The van der Waals surface area contributed by atoms with E-state index in [1.54, 1.807) is 6.07 Å². The van der Waals surface area contributed by atoms with Crippen molar-refractivity contribution in [3.05, 3.63) is 41.7 Å². The Kier molecular flexibility index (Phi) is 10.4. The molecule has 0 aliphatic heterocycles. The number of hydrogen-bond donors (Lipinski definition) is 0. The summed E-state index contributed by atoms with van der Waals surface area (Å²) in [6, 6.07) is 9.15. The van der Waals surface area contributed by atoms with Gasteiger partial charge < -0.3 is 4.74 Å². The van der Waals surface area contributed by atoms with E-state index in [1.807, 2.05) is 24.3 Å². The van der Waals surface area contributed by atoms with E-state index >= 15 is 0 Å². The second kappa shape index (κ2) is 13.5. The molecule has 0 amide bonds. The van der Waals surface area contributed by atoms with Crippen molar-refractivity contribution < 1.29 is 9.13 Å². The fourth-order valence-corrected chi connectivity index (χ4v) is 4.81. The highest BCUT2D eigenvalue weighted by molar-refractivity contribution is 5.59. The van der Waals surface area contributed by atoms with E-state index in [-0.39, 0.29) is 5.82 Å². The minimum absolute atomic E-state index is 0.128. The Bertz CT molecular complexity index is 785. The van der Waals surface area contributed by atoms with Gasteiger partial charge in [0.15, 0.2) is 0 Å². The molecule has 1 aliphatic rings. The molecule has 1 aromatic heterocycles. The van der Waals surface area contributed by atoms with Gasteiger partial charge in [-0.25, -0.2) is 4.39 Å². The number of benzene rings is 1. The largest absolute Gasteiger partial charge is 0.477 e. The third-order valence-corrected chi connectivity index (χ3v) is 6.99. The molecular formula is C28H41FN2O. The molecule has 0 unspecified atom stereocenters. The predicted octanol–water partition coefficient (Wildman–Crippen LogP) is 8.17. The van der Waals surface area contributed by atoms with Crippen molar-refractivity contribution in [1.82, 2.24) is 10.2 Å². The fourth-order valence-electron chi connectivity index (χ4n) is 4.81. The zero-order valence-corrected chi connectivity index (χ0v) is 20.1. The van der Waals surface area contributed by atoms with Gasteiger partial charge in [-0.15, -0.1) is 10.2 Å². The van der Waals surface area contributed by atoms with Crippen molar-refractivity contribution in [2.24, 2.45) is 11.8 Å². The van der Waals surface area contributed by atoms with Crippen molar-refractivity contribution in [3.8, 4) is 17.1 Å². The summed E-state index contributed by atoms with van der Waals surface area (Å²) >= 11 is 0. The van der Waals surface area contributed by atoms with E-state index in [4.69, 9.17) is 4.74 Å². The summed E-state index contributed by atoms with van der Waals surface area (Å²) < 4.78 is 20.3. The lowest BCUT2D eigenvalue weighted by Gasteiger charge is -2.28. The monoisotopic (exact) mass is 440 g/mol. The second-order valence-electron chi connectivity index (χ2n) is 9.54. The summed E-state index contributed by atoms with van der Waals surface area (Å²) in [7, 11) is 0. The van der Waals surface area contributed by atoms with Crippen molar-refractivity contribution in [2.45, 2.75) is 97.3 Å². The predicted molar refractivity (Wildman–Crippen MR) is 130 cm³/mol. The summed E-state index contributed by atoms with van der Waals surface area (Å²) in [5.41, 5.74) is 2.26. The fraction of sp³-hybridized carbons (Fsp3) is 0.643. The molecule has 0 bridgehead atoms. The smallest absolute Gasteiger partial charge is 0.233 e. The van der Waals surface area contributed by atoms with Crippen LogP contribution < -0.4 is 4.74 Å². The molecule has 4 heteroatoms. The molecule has 1 aliphatic carbocycles. The Morgan fingerprint density at radius 1 is 0.844 bits per heavy atom. The van der Waals surface area contributed by atoms with Gasteiger partial charge in [-0.2, -0.15) is 0 Å². The van der Waals surface area contributed by atoms with Crippen molar-refractivity contribution in [2.75, 3.05) is 6.61 Å². The normalized spacial score (nSPS) is 18.6. The minimum atomic E-state index is -0.128. The second-order valence-corrected chi connectivity index (χ2v) is 9.54. The SMILES string of the molecule is CCCCCCC1CCC(CCc2ccc(-c3ccc(OCCCC)nn3)cc2F)CC1. The van der Waals surface area contributed by atoms with Crippen LogP contribution in [0.25, 0.3) is 11.3 Å². The van der Waals surface area contributed by atoms with Crippen molar-refractivity contribution in [1.29, 1.82) is 0 Å². The molecule has 0 N–H and O–H groups in total. The summed E-state index contributed by atoms with van der Waals surface area (Å²) in [5, 5.41) is 8.33. The molecule has 1 aromatic carbocycles. The van der Waals surface area contributed by atoms with E-state index < -0.39 is 0 Å². The topological polar surface area (TPSA) is 35.0 Å². The van der Waals surface area contributed by atoms with Crippen LogP contribution in [0.1, 0.15) is 96.5 Å². The lowest BCUT2D eigenvalue weighted by molar-refractivity contribution is 0.248. The van der Waals surface area contributed by atoms with Crippen LogP contribution in [-0.4, -0.2) is 16.8 Å². The molecule has 1 fully saturated rings. The number of ether oxygens (including phenoxy) is 1. The van der Waals surface area contributed by atoms with Crippen molar-refractivity contribution >= 4 is 0 Å². The Balaban J connectivity index is 1.44. The first kappa shape index (κ1) is 24.7. The highest BCUT2D eigenvalue weighted by Crippen LogP contribution is 2.34. The molecule has 3 rings (SSSR count). The van der Waals surface area contributed by atoms with E-state index in [1.165, 1.54) is 57.8 Å². The average molecular weight is 441 g/mol. The third kappa shape index (κ3) is 7.86. The maximum absolute atomic E-state index is 14.8. The standard InChI is InChI=1S/C28H41FN2O/c1-3-5-7-8-9-22-10-12-23(13-11-22)14-15-24-16-17-25(21-26(24)29)27-18-19-28(31-30-27)32-20-6-4-2/h16-19,21-23H,3-15,20H2,1-2H3. The van der Waals surface area contributed by atoms with Crippen LogP contribution >= 0.6 is 0 Å². The van der Waals surface area contributed by atoms with Crippen LogP contribution in [0.4, 0.5) is 4.39 Å². The first-order chi connectivity index (χ1) is 15.7. The zero-order chi connectivity index (χ0) is 22.6. The molecule has 32 heavy (non-hydrogen) atoms. The number of aryl methyl sites for hydroxylation is 1. The van der Waals surface area contributed by atoms with E-state index in [0.717, 1.165) is 48.6 Å². The summed E-state index contributed by atoms with van der Waals surface area (Å²) in [6.07, 6.45) is 16.3. The van der Waals surface area contributed by atoms with E-state index in [0.29, 0.717) is 18.2 Å². The van der Waals surface area contributed by atoms with Gasteiger partial charge in [-0.3, -0.25) is 0 Å². The highest BCUT2D eigenvalue weighted by atomic mass is 19.1. The van der Waals surface area contributed by atoms with Gasteiger partial charge in [-0.1, -0.05) is 90.2 Å². The lowest BCUT2D eigenvalue weighted by Crippen LogP contribution is -2.15.